The minimum atomic E-state index is 0.0477. The van der Waals surface area contributed by atoms with Crippen LogP contribution in [0.5, 0.6) is 0 Å². The predicted octanol–water partition coefficient (Wildman–Crippen LogP) is 0.977. The summed E-state index contributed by atoms with van der Waals surface area (Å²) in [4.78, 5) is 20.4. The van der Waals surface area contributed by atoms with E-state index >= 15 is 0 Å². The van der Waals surface area contributed by atoms with E-state index in [0.29, 0.717) is 0 Å². The highest BCUT2D eigenvalue weighted by Gasteiger charge is 2.37. The summed E-state index contributed by atoms with van der Waals surface area (Å²) in [6.45, 7) is 4.07. The molecule has 0 radical (unpaired) electrons. The van der Waals surface area contributed by atoms with Crippen LogP contribution in [0, 0.1) is 5.92 Å². The molecule has 90 valence electrons. The van der Waals surface area contributed by atoms with Crippen LogP contribution >= 0.6 is 0 Å². The van der Waals surface area contributed by atoms with Gasteiger partial charge in [0.15, 0.2) is 0 Å². The molecule has 2 saturated heterocycles. The molecule has 0 aromatic carbocycles. The SMILES string of the molecule is CC(=NC(=O)C1CCC2CCN1C2)N(C)C. The predicted molar refractivity (Wildman–Crippen MR) is 64.5 cm³/mol. The number of amides is 1. The first-order valence-electron chi connectivity index (χ1n) is 6.08. The number of piperidine rings is 1. The summed E-state index contributed by atoms with van der Waals surface area (Å²) >= 11 is 0. The number of amidine groups is 1. The number of nitrogens with zero attached hydrogens (tertiary/aromatic N) is 3. The van der Waals surface area contributed by atoms with Crippen molar-refractivity contribution in [2.75, 3.05) is 27.2 Å². The summed E-state index contributed by atoms with van der Waals surface area (Å²) in [6.07, 6.45) is 3.46. The zero-order chi connectivity index (χ0) is 11.7. The lowest BCUT2D eigenvalue weighted by Gasteiger charge is -2.29. The summed E-state index contributed by atoms with van der Waals surface area (Å²) in [7, 11) is 3.83. The number of carbonyl (C=O) groups excluding carboxylic acids is 1. The zero-order valence-electron chi connectivity index (χ0n) is 10.4. The normalized spacial score (nSPS) is 33.9. The first kappa shape index (κ1) is 11.6. The molecule has 0 aromatic rings. The fraction of sp³-hybridized carbons (Fsp3) is 0.833. The second-order valence-electron chi connectivity index (χ2n) is 5.13. The molecule has 0 saturated carbocycles. The van der Waals surface area contributed by atoms with Crippen molar-refractivity contribution >= 4 is 11.7 Å². The van der Waals surface area contributed by atoms with Crippen LogP contribution in [0.1, 0.15) is 26.2 Å². The van der Waals surface area contributed by atoms with Crippen LogP contribution in [-0.2, 0) is 4.79 Å². The first-order chi connectivity index (χ1) is 7.58. The molecule has 2 heterocycles. The average Bonchev–Trinajstić information content (AvgIpc) is 2.60. The molecule has 2 aliphatic rings. The Morgan fingerprint density at radius 1 is 1.31 bits per heavy atom. The van der Waals surface area contributed by atoms with Crippen molar-refractivity contribution in [3.05, 3.63) is 0 Å². The molecule has 0 aromatic heterocycles. The van der Waals surface area contributed by atoms with Gasteiger partial charge in [0, 0.05) is 20.6 Å². The van der Waals surface area contributed by atoms with E-state index in [2.05, 4.69) is 9.89 Å². The lowest BCUT2D eigenvalue weighted by molar-refractivity contribution is -0.123. The van der Waals surface area contributed by atoms with Crippen molar-refractivity contribution in [2.24, 2.45) is 10.9 Å². The van der Waals surface area contributed by atoms with Gasteiger partial charge in [-0.15, -0.1) is 0 Å². The van der Waals surface area contributed by atoms with Crippen LogP contribution in [0.3, 0.4) is 0 Å². The third-order valence-electron chi connectivity index (χ3n) is 3.81. The van der Waals surface area contributed by atoms with Crippen molar-refractivity contribution in [2.45, 2.75) is 32.2 Å². The number of carbonyl (C=O) groups is 1. The summed E-state index contributed by atoms with van der Waals surface area (Å²) < 4.78 is 0. The molecular weight excluding hydrogens is 202 g/mol. The minimum absolute atomic E-state index is 0.0477. The quantitative estimate of drug-likeness (QED) is 0.491. The van der Waals surface area contributed by atoms with Gasteiger partial charge in [0.25, 0.3) is 5.91 Å². The van der Waals surface area contributed by atoms with Crippen molar-refractivity contribution < 1.29 is 4.79 Å². The highest BCUT2D eigenvalue weighted by molar-refractivity contribution is 5.95. The highest BCUT2D eigenvalue weighted by Crippen LogP contribution is 2.31. The Bertz CT molecular complexity index is 311. The van der Waals surface area contributed by atoms with Crippen LogP contribution in [0.15, 0.2) is 4.99 Å². The van der Waals surface area contributed by atoms with Crippen molar-refractivity contribution in [3.8, 4) is 0 Å². The molecule has 0 spiro atoms. The van der Waals surface area contributed by atoms with Gasteiger partial charge in [-0.05, 0) is 38.6 Å². The first-order valence-corrected chi connectivity index (χ1v) is 6.08. The van der Waals surface area contributed by atoms with E-state index in [1.165, 1.54) is 12.8 Å². The van der Waals surface area contributed by atoms with Gasteiger partial charge in [0.05, 0.1) is 6.04 Å². The summed E-state index contributed by atoms with van der Waals surface area (Å²) in [5.41, 5.74) is 0. The molecule has 0 N–H and O–H groups in total. The van der Waals surface area contributed by atoms with Crippen LogP contribution in [0.4, 0.5) is 0 Å². The van der Waals surface area contributed by atoms with E-state index in [-0.39, 0.29) is 11.9 Å². The second-order valence-corrected chi connectivity index (χ2v) is 5.13. The van der Waals surface area contributed by atoms with Crippen LogP contribution in [0.25, 0.3) is 0 Å². The molecule has 2 bridgehead atoms. The fourth-order valence-corrected chi connectivity index (χ4v) is 2.57. The molecule has 1 amide bonds. The Morgan fingerprint density at radius 2 is 2.06 bits per heavy atom. The molecule has 2 rings (SSSR count). The number of rotatable bonds is 1. The Kier molecular flexibility index (Phi) is 3.28. The number of hydrogen-bond acceptors (Lipinski definition) is 2. The smallest absolute Gasteiger partial charge is 0.264 e. The van der Waals surface area contributed by atoms with Gasteiger partial charge in [-0.25, -0.2) is 0 Å². The summed E-state index contributed by atoms with van der Waals surface area (Å²) in [5.74, 6) is 1.68. The zero-order valence-corrected chi connectivity index (χ0v) is 10.4. The van der Waals surface area contributed by atoms with E-state index in [1.54, 1.807) is 0 Å². The third kappa shape index (κ3) is 2.26. The monoisotopic (exact) mass is 223 g/mol. The molecule has 3 atom stereocenters. The van der Waals surface area contributed by atoms with Crippen molar-refractivity contribution in [3.63, 3.8) is 0 Å². The van der Waals surface area contributed by atoms with Crippen LogP contribution in [0.2, 0.25) is 0 Å². The van der Waals surface area contributed by atoms with Gasteiger partial charge in [-0.2, -0.15) is 4.99 Å². The summed E-state index contributed by atoms with van der Waals surface area (Å²) in [6, 6.07) is 0.0497. The topological polar surface area (TPSA) is 35.9 Å². The van der Waals surface area contributed by atoms with E-state index < -0.39 is 0 Å². The minimum Gasteiger partial charge on any atom is -0.366 e. The average molecular weight is 223 g/mol. The molecule has 4 heteroatoms. The highest BCUT2D eigenvalue weighted by atomic mass is 16.1. The van der Waals surface area contributed by atoms with E-state index in [4.69, 9.17) is 0 Å². The number of hydrogen-bond donors (Lipinski definition) is 0. The van der Waals surface area contributed by atoms with E-state index in [1.807, 2.05) is 25.9 Å². The maximum atomic E-state index is 12.0. The summed E-state index contributed by atoms with van der Waals surface area (Å²) in [5, 5.41) is 0. The second kappa shape index (κ2) is 4.53. The van der Waals surface area contributed by atoms with Gasteiger partial charge in [-0.3, -0.25) is 9.69 Å². The Labute approximate surface area is 97.3 Å². The molecule has 3 unspecified atom stereocenters. The van der Waals surface area contributed by atoms with Gasteiger partial charge >= 0.3 is 0 Å². The molecular formula is C12H21N3O. The maximum absolute atomic E-state index is 12.0. The fourth-order valence-electron chi connectivity index (χ4n) is 2.57. The van der Waals surface area contributed by atoms with Crippen LogP contribution in [-0.4, -0.2) is 54.8 Å². The third-order valence-corrected chi connectivity index (χ3v) is 3.81. The van der Waals surface area contributed by atoms with E-state index in [9.17, 15) is 4.79 Å². The van der Waals surface area contributed by atoms with E-state index in [0.717, 1.165) is 31.3 Å². The lowest BCUT2D eigenvalue weighted by atomic mass is 9.96. The maximum Gasteiger partial charge on any atom is 0.264 e. The van der Waals surface area contributed by atoms with Gasteiger partial charge in [-0.1, -0.05) is 0 Å². The number of fused-ring (bicyclic) bond motifs is 2. The van der Waals surface area contributed by atoms with Gasteiger partial charge < -0.3 is 4.90 Å². The molecule has 0 aliphatic carbocycles. The largest absolute Gasteiger partial charge is 0.366 e. The number of aliphatic imine (C=N–C) groups is 1. The molecule has 2 aliphatic heterocycles. The Balaban J connectivity index is 2.02. The van der Waals surface area contributed by atoms with Crippen molar-refractivity contribution in [1.29, 1.82) is 0 Å². The standard InChI is InChI=1S/C12H21N3O/c1-9(14(2)3)13-12(16)11-5-4-10-6-7-15(11)8-10/h10-11H,4-8H2,1-3H3. The Hall–Kier alpha value is -0.900. The lowest BCUT2D eigenvalue weighted by Crippen LogP contribution is -2.42. The Morgan fingerprint density at radius 3 is 2.75 bits per heavy atom. The van der Waals surface area contributed by atoms with Crippen LogP contribution < -0.4 is 0 Å². The van der Waals surface area contributed by atoms with Gasteiger partial charge in [0.2, 0.25) is 0 Å². The molecule has 2 fully saturated rings. The van der Waals surface area contributed by atoms with Gasteiger partial charge in [0.1, 0.15) is 5.84 Å². The molecule has 4 nitrogen and oxygen atoms in total. The van der Waals surface area contributed by atoms with Crippen molar-refractivity contribution in [1.82, 2.24) is 9.80 Å². The molecule has 16 heavy (non-hydrogen) atoms.